The second-order valence-electron chi connectivity index (χ2n) is 5.04. The summed E-state index contributed by atoms with van der Waals surface area (Å²) in [5, 5.41) is 0. The lowest BCUT2D eigenvalue weighted by molar-refractivity contribution is -0.372. The molecule has 0 aliphatic rings. The van der Waals surface area contributed by atoms with Crippen LogP contribution in [0.1, 0.15) is 33.1 Å². The number of rotatable bonds is 9. The van der Waals surface area contributed by atoms with Crippen molar-refractivity contribution in [3.05, 3.63) is 0 Å². The summed E-state index contributed by atoms with van der Waals surface area (Å²) in [7, 11) is 0.862. The monoisotopic (exact) mass is 346 g/mol. The Labute approximate surface area is 122 Å². The number of hydrogen-bond acceptors (Lipinski definition) is 2. The highest BCUT2D eigenvalue weighted by Crippen LogP contribution is 2.52. The van der Waals surface area contributed by atoms with E-state index in [9.17, 15) is 35.1 Å². The van der Waals surface area contributed by atoms with Crippen molar-refractivity contribution in [3.63, 3.8) is 0 Å². The molecule has 0 aromatic rings. The molecule has 0 rings (SSSR count). The van der Waals surface area contributed by atoms with Gasteiger partial charge in [-0.1, -0.05) is 6.92 Å². The van der Waals surface area contributed by atoms with E-state index in [1.807, 2.05) is 0 Å². The summed E-state index contributed by atoms with van der Waals surface area (Å²) in [6.45, 7) is -0.0688. The molecule has 0 bridgehead atoms. The molecule has 0 saturated carbocycles. The zero-order valence-corrected chi connectivity index (χ0v) is 12.2. The van der Waals surface area contributed by atoms with Crippen LogP contribution in [0.25, 0.3) is 0 Å². The molecule has 134 valence electrons. The maximum atomic E-state index is 14.0. The molecule has 0 saturated heterocycles. The fourth-order valence-corrected chi connectivity index (χ4v) is 1.87. The van der Waals surface area contributed by atoms with Crippen LogP contribution in [0.2, 0.25) is 0 Å². The number of methoxy groups -OCH3 is 1. The highest BCUT2D eigenvalue weighted by atomic mass is 19.4. The smallest absolute Gasteiger partial charge is 0.359 e. The molecule has 0 N–H and O–H groups in total. The third kappa shape index (κ3) is 5.22. The summed E-state index contributed by atoms with van der Waals surface area (Å²) in [4.78, 5) is 0. The average molecular weight is 346 g/mol. The lowest BCUT2D eigenvalue weighted by atomic mass is 9.84. The van der Waals surface area contributed by atoms with Crippen LogP contribution in [-0.2, 0) is 9.47 Å². The second-order valence-corrected chi connectivity index (χ2v) is 5.04. The molecule has 0 aromatic heterocycles. The van der Waals surface area contributed by atoms with E-state index in [2.05, 4.69) is 9.47 Å². The number of alkyl halides is 8. The molecular formula is C12H18F8O2. The maximum absolute atomic E-state index is 14.0. The van der Waals surface area contributed by atoms with Gasteiger partial charge in [0.05, 0.1) is 6.42 Å². The Balaban J connectivity index is 5.89. The molecule has 0 spiro atoms. The summed E-state index contributed by atoms with van der Waals surface area (Å²) >= 11 is 0. The normalized spacial score (nSPS) is 18.1. The van der Waals surface area contributed by atoms with Crippen LogP contribution in [0.5, 0.6) is 0 Å². The SMILES string of the molecule is CCC(F)CC(OCOC)(C(F)(F)F)C(F)(F)CC(C)(F)F. The second kappa shape index (κ2) is 7.29. The minimum Gasteiger partial charge on any atom is -0.359 e. The van der Waals surface area contributed by atoms with E-state index in [4.69, 9.17) is 0 Å². The Morgan fingerprint density at radius 2 is 1.50 bits per heavy atom. The van der Waals surface area contributed by atoms with Crippen molar-refractivity contribution in [2.45, 2.75) is 62.9 Å². The van der Waals surface area contributed by atoms with Gasteiger partial charge < -0.3 is 9.47 Å². The first kappa shape index (κ1) is 21.4. The van der Waals surface area contributed by atoms with Crippen LogP contribution in [0.4, 0.5) is 35.1 Å². The predicted octanol–water partition coefficient (Wildman–Crippen LogP) is 4.73. The van der Waals surface area contributed by atoms with Crippen molar-refractivity contribution >= 4 is 0 Å². The average Bonchev–Trinajstić information content (AvgIpc) is 2.29. The van der Waals surface area contributed by atoms with Crippen molar-refractivity contribution in [3.8, 4) is 0 Å². The molecule has 0 heterocycles. The Kier molecular flexibility index (Phi) is 7.08. The predicted molar refractivity (Wildman–Crippen MR) is 61.7 cm³/mol. The number of hydrogen-bond donors (Lipinski definition) is 0. The van der Waals surface area contributed by atoms with E-state index in [0.29, 0.717) is 0 Å². The van der Waals surface area contributed by atoms with Crippen LogP contribution >= 0.6 is 0 Å². The summed E-state index contributed by atoms with van der Waals surface area (Å²) < 4.78 is 115. The van der Waals surface area contributed by atoms with Crippen molar-refractivity contribution in [1.29, 1.82) is 0 Å². The van der Waals surface area contributed by atoms with Crippen LogP contribution in [-0.4, -0.2) is 43.7 Å². The molecule has 0 aromatic carbocycles. The van der Waals surface area contributed by atoms with Crippen LogP contribution in [0.15, 0.2) is 0 Å². The molecule has 0 aliphatic heterocycles. The molecule has 2 nitrogen and oxygen atoms in total. The zero-order chi connectivity index (χ0) is 17.8. The van der Waals surface area contributed by atoms with E-state index in [0.717, 1.165) is 14.0 Å². The van der Waals surface area contributed by atoms with Crippen molar-refractivity contribution in [2.75, 3.05) is 13.9 Å². The molecule has 0 amide bonds. The van der Waals surface area contributed by atoms with E-state index in [1.54, 1.807) is 0 Å². The van der Waals surface area contributed by atoms with Crippen molar-refractivity contribution in [2.24, 2.45) is 0 Å². The van der Waals surface area contributed by atoms with Gasteiger partial charge in [-0.3, -0.25) is 0 Å². The molecule has 2 unspecified atom stereocenters. The number of ether oxygens (including phenoxy) is 2. The molecule has 2 atom stereocenters. The molecule has 22 heavy (non-hydrogen) atoms. The van der Waals surface area contributed by atoms with E-state index >= 15 is 0 Å². The summed E-state index contributed by atoms with van der Waals surface area (Å²) in [6.07, 6.45) is -12.8. The standard InChI is InChI=1S/C12H18F8O2/c1-4-8(13)5-10(12(18,19)20,22-7-21-3)11(16,17)6-9(2,14)15/h8H,4-7H2,1-3H3. The molecule has 0 aliphatic carbocycles. The van der Waals surface area contributed by atoms with Gasteiger partial charge in [-0.05, 0) is 13.3 Å². The fourth-order valence-electron chi connectivity index (χ4n) is 1.87. The van der Waals surface area contributed by atoms with Gasteiger partial charge in [-0.25, -0.2) is 22.0 Å². The van der Waals surface area contributed by atoms with Crippen molar-refractivity contribution in [1.82, 2.24) is 0 Å². The summed E-state index contributed by atoms with van der Waals surface area (Å²) in [5.74, 6) is -9.16. The highest BCUT2D eigenvalue weighted by Gasteiger charge is 2.72. The van der Waals surface area contributed by atoms with Gasteiger partial charge in [0.15, 0.2) is 0 Å². The van der Waals surface area contributed by atoms with Gasteiger partial charge >= 0.3 is 6.18 Å². The Morgan fingerprint density at radius 3 is 1.82 bits per heavy atom. The van der Waals surface area contributed by atoms with E-state index in [-0.39, 0.29) is 6.92 Å². The largest absolute Gasteiger partial charge is 0.423 e. The molecule has 0 fully saturated rings. The third-order valence-corrected chi connectivity index (χ3v) is 2.96. The zero-order valence-electron chi connectivity index (χ0n) is 12.2. The molecular weight excluding hydrogens is 328 g/mol. The minimum atomic E-state index is -5.78. The first-order valence-electron chi connectivity index (χ1n) is 6.32. The third-order valence-electron chi connectivity index (χ3n) is 2.96. The van der Waals surface area contributed by atoms with Crippen LogP contribution < -0.4 is 0 Å². The van der Waals surface area contributed by atoms with Gasteiger partial charge in [0, 0.05) is 13.5 Å². The van der Waals surface area contributed by atoms with Crippen LogP contribution in [0, 0.1) is 0 Å². The first-order chi connectivity index (χ1) is 9.72. The summed E-state index contributed by atoms with van der Waals surface area (Å²) in [5.41, 5.74) is -4.40. The lowest BCUT2D eigenvalue weighted by Gasteiger charge is -2.42. The maximum Gasteiger partial charge on any atom is 0.423 e. The van der Waals surface area contributed by atoms with E-state index < -0.39 is 55.8 Å². The van der Waals surface area contributed by atoms with Gasteiger partial charge in [-0.2, -0.15) is 13.2 Å². The summed E-state index contributed by atoms with van der Waals surface area (Å²) in [6, 6.07) is 0. The van der Waals surface area contributed by atoms with E-state index in [1.165, 1.54) is 0 Å². The van der Waals surface area contributed by atoms with Gasteiger partial charge in [0.2, 0.25) is 5.60 Å². The molecule has 0 radical (unpaired) electrons. The molecule has 10 heteroatoms. The first-order valence-corrected chi connectivity index (χ1v) is 6.32. The van der Waals surface area contributed by atoms with Crippen LogP contribution in [0.3, 0.4) is 0 Å². The highest BCUT2D eigenvalue weighted by molar-refractivity contribution is 5.03. The minimum absolute atomic E-state index is 0.0467. The van der Waals surface area contributed by atoms with Gasteiger partial charge in [-0.15, -0.1) is 0 Å². The Morgan fingerprint density at radius 1 is 1.00 bits per heavy atom. The lowest BCUT2D eigenvalue weighted by Crippen LogP contribution is -2.63. The fraction of sp³-hybridized carbons (Fsp3) is 1.00. The Hall–Kier alpha value is -0.640. The van der Waals surface area contributed by atoms with Gasteiger partial charge in [0.1, 0.15) is 13.0 Å². The van der Waals surface area contributed by atoms with Gasteiger partial charge in [0.25, 0.3) is 11.8 Å². The number of halogens is 8. The topological polar surface area (TPSA) is 18.5 Å². The quantitative estimate of drug-likeness (QED) is 0.444. The Bertz CT molecular complexity index is 339. The van der Waals surface area contributed by atoms with Crippen molar-refractivity contribution < 1.29 is 44.6 Å².